The van der Waals surface area contributed by atoms with E-state index in [1.54, 1.807) is 4.68 Å². The molecule has 1 unspecified atom stereocenters. The Morgan fingerprint density at radius 1 is 1.20 bits per heavy atom. The molecule has 0 aliphatic carbocycles. The molecule has 0 bridgehead atoms. The van der Waals surface area contributed by atoms with Gasteiger partial charge in [0.15, 0.2) is 0 Å². The predicted molar refractivity (Wildman–Crippen MR) is 78.4 cm³/mol. The molecule has 4 heteroatoms. The van der Waals surface area contributed by atoms with Gasteiger partial charge in [-0.2, -0.15) is 5.10 Å². The van der Waals surface area contributed by atoms with E-state index in [-0.39, 0.29) is 0 Å². The van der Waals surface area contributed by atoms with E-state index in [1.807, 2.05) is 56.4 Å². The molecule has 1 aromatic carbocycles. The standard InChI is InChI=1S/C16H17N3O/c1-11-9-15(19(2)18-11)16(20)10-13-8-7-12-5-3-4-6-14(12)17-13/h3-9,16,20H,10H2,1-2H3. The number of aromatic nitrogens is 3. The normalized spacial score (nSPS) is 12.8. The van der Waals surface area contributed by atoms with Crippen molar-refractivity contribution in [3.8, 4) is 0 Å². The van der Waals surface area contributed by atoms with Crippen LogP contribution in [0.1, 0.15) is 23.2 Å². The van der Waals surface area contributed by atoms with Crippen molar-refractivity contribution in [2.75, 3.05) is 0 Å². The van der Waals surface area contributed by atoms with E-state index in [9.17, 15) is 5.11 Å². The van der Waals surface area contributed by atoms with Crippen LogP contribution in [0, 0.1) is 6.92 Å². The summed E-state index contributed by atoms with van der Waals surface area (Å²) in [5.74, 6) is 0. The van der Waals surface area contributed by atoms with Crippen LogP contribution in [0.3, 0.4) is 0 Å². The molecule has 4 nitrogen and oxygen atoms in total. The molecule has 0 aliphatic rings. The minimum absolute atomic E-state index is 0.490. The van der Waals surface area contributed by atoms with E-state index in [4.69, 9.17) is 0 Å². The molecule has 3 aromatic rings. The number of hydrogen-bond acceptors (Lipinski definition) is 3. The molecule has 2 aromatic heterocycles. The number of fused-ring (bicyclic) bond motifs is 1. The van der Waals surface area contributed by atoms with Crippen LogP contribution in [0.15, 0.2) is 42.5 Å². The van der Waals surface area contributed by atoms with Crippen molar-refractivity contribution in [2.24, 2.45) is 7.05 Å². The molecular weight excluding hydrogens is 250 g/mol. The molecule has 0 fully saturated rings. The Labute approximate surface area is 117 Å². The summed E-state index contributed by atoms with van der Waals surface area (Å²) in [5.41, 5.74) is 3.57. The largest absolute Gasteiger partial charge is 0.386 e. The van der Waals surface area contributed by atoms with E-state index < -0.39 is 6.10 Å². The van der Waals surface area contributed by atoms with E-state index in [0.29, 0.717) is 6.42 Å². The monoisotopic (exact) mass is 267 g/mol. The maximum absolute atomic E-state index is 10.3. The molecule has 1 N–H and O–H groups in total. The van der Waals surface area contributed by atoms with E-state index in [2.05, 4.69) is 10.1 Å². The first-order valence-corrected chi connectivity index (χ1v) is 6.67. The fraction of sp³-hybridized carbons (Fsp3) is 0.250. The summed E-state index contributed by atoms with van der Waals surface area (Å²) in [6, 6.07) is 13.9. The lowest BCUT2D eigenvalue weighted by atomic mass is 10.1. The van der Waals surface area contributed by atoms with Gasteiger partial charge >= 0.3 is 0 Å². The number of aliphatic hydroxyl groups excluding tert-OH is 1. The number of benzene rings is 1. The number of rotatable bonds is 3. The van der Waals surface area contributed by atoms with Crippen LogP contribution in [-0.4, -0.2) is 19.9 Å². The zero-order chi connectivity index (χ0) is 14.1. The van der Waals surface area contributed by atoms with Crippen molar-refractivity contribution in [1.82, 2.24) is 14.8 Å². The van der Waals surface area contributed by atoms with Gasteiger partial charge in [0.25, 0.3) is 0 Å². The zero-order valence-corrected chi connectivity index (χ0v) is 11.6. The third-order valence-corrected chi connectivity index (χ3v) is 3.44. The van der Waals surface area contributed by atoms with Gasteiger partial charge in [0.1, 0.15) is 6.10 Å². The fourth-order valence-electron chi connectivity index (χ4n) is 2.47. The van der Waals surface area contributed by atoms with Crippen molar-refractivity contribution in [3.05, 3.63) is 59.5 Å². The summed E-state index contributed by atoms with van der Waals surface area (Å²) in [6.07, 6.45) is -0.0982. The number of hydrogen-bond donors (Lipinski definition) is 1. The van der Waals surface area contributed by atoms with Crippen molar-refractivity contribution in [1.29, 1.82) is 0 Å². The van der Waals surface area contributed by atoms with E-state index >= 15 is 0 Å². The number of para-hydroxylation sites is 1. The molecule has 0 radical (unpaired) electrons. The first-order chi connectivity index (χ1) is 9.63. The summed E-state index contributed by atoms with van der Waals surface area (Å²) < 4.78 is 1.72. The van der Waals surface area contributed by atoms with Crippen molar-refractivity contribution < 1.29 is 5.11 Å². The summed E-state index contributed by atoms with van der Waals surface area (Å²) in [5, 5.41) is 15.7. The molecule has 0 saturated heterocycles. The molecule has 102 valence electrons. The number of aryl methyl sites for hydroxylation is 2. The summed E-state index contributed by atoms with van der Waals surface area (Å²) in [4.78, 5) is 4.59. The van der Waals surface area contributed by atoms with Crippen LogP contribution in [0.2, 0.25) is 0 Å². The Bertz CT molecular complexity index is 748. The Balaban J connectivity index is 1.87. The SMILES string of the molecule is Cc1cc(C(O)Cc2ccc3ccccc3n2)n(C)n1. The van der Waals surface area contributed by atoms with Gasteiger partial charge in [0.05, 0.1) is 16.9 Å². The lowest BCUT2D eigenvalue weighted by Gasteiger charge is -2.11. The van der Waals surface area contributed by atoms with Gasteiger partial charge < -0.3 is 5.11 Å². The lowest BCUT2D eigenvalue weighted by Crippen LogP contribution is -2.08. The summed E-state index contributed by atoms with van der Waals surface area (Å²) in [7, 11) is 1.85. The highest BCUT2D eigenvalue weighted by atomic mass is 16.3. The van der Waals surface area contributed by atoms with Crippen LogP contribution >= 0.6 is 0 Å². The highest BCUT2D eigenvalue weighted by molar-refractivity contribution is 5.78. The third kappa shape index (κ3) is 2.42. The average molecular weight is 267 g/mol. The Hall–Kier alpha value is -2.20. The number of aliphatic hydroxyl groups is 1. The van der Waals surface area contributed by atoms with Crippen molar-refractivity contribution in [2.45, 2.75) is 19.4 Å². The maximum Gasteiger partial charge on any atom is 0.101 e. The average Bonchev–Trinajstić information content (AvgIpc) is 2.78. The molecule has 1 atom stereocenters. The molecule has 0 aliphatic heterocycles. The minimum Gasteiger partial charge on any atom is -0.386 e. The van der Waals surface area contributed by atoms with E-state index in [1.165, 1.54) is 0 Å². The molecular formula is C16H17N3O. The van der Waals surface area contributed by atoms with E-state index in [0.717, 1.165) is 28.0 Å². The second-order valence-corrected chi connectivity index (χ2v) is 5.05. The zero-order valence-electron chi connectivity index (χ0n) is 11.6. The third-order valence-electron chi connectivity index (χ3n) is 3.44. The van der Waals surface area contributed by atoms with Crippen LogP contribution in [0.4, 0.5) is 0 Å². The van der Waals surface area contributed by atoms with Crippen LogP contribution in [0.25, 0.3) is 10.9 Å². The maximum atomic E-state index is 10.3. The van der Waals surface area contributed by atoms with Gasteiger partial charge in [-0.25, -0.2) is 0 Å². The molecule has 0 amide bonds. The Morgan fingerprint density at radius 2 is 2.00 bits per heavy atom. The summed E-state index contributed by atoms with van der Waals surface area (Å²) >= 11 is 0. The van der Waals surface area contributed by atoms with Crippen LogP contribution in [-0.2, 0) is 13.5 Å². The van der Waals surface area contributed by atoms with Gasteiger partial charge in [-0.05, 0) is 25.1 Å². The number of nitrogens with zero attached hydrogens (tertiary/aromatic N) is 3. The first kappa shape index (κ1) is 12.8. The number of pyridine rings is 1. The minimum atomic E-state index is -0.588. The quantitative estimate of drug-likeness (QED) is 0.793. The van der Waals surface area contributed by atoms with Gasteiger partial charge in [-0.3, -0.25) is 9.67 Å². The molecule has 3 rings (SSSR count). The predicted octanol–water partition coefficient (Wildman–Crippen LogP) is 2.55. The first-order valence-electron chi connectivity index (χ1n) is 6.67. The van der Waals surface area contributed by atoms with Gasteiger partial charge in [-0.1, -0.05) is 24.3 Å². The second-order valence-electron chi connectivity index (χ2n) is 5.05. The molecule has 0 saturated carbocycles. The second kappa shape index (κ2) is 5.06. The Kier molecular flexibility index (Phi) is 3.24. The molecule has 20 heavy (non-hydrogen) atoms. The summed E-state index contributed by atoms with van der Waals surface area (Å²) in [6.45, 7) is 1.92. The fourth-order valence-corrected chi connectivity index (χ4v) is 2.47. The smallest absolute Gasteiger partial charge is 0.101 e. The van der Waals surface area contributed by atoms with Crippen LogP contribution in [0.5, 0.6) is 0 Å². The topological polar surface area (TPSA) is 50.9 Å². The van der Waals surface area contributed by atoms with Gasteiger partial charge in [-0.15, -0.1) is 0 Å². The van der Waals surface area contributed by atoms with Crippen LogP contribution < -0.4 is 0 Å². The van der Waals surface area contributed by atoms with Crippen molar-refractivity contribution >= 4 is 10.9 Å². The van der Waals surface area contributed by atoms with Gasteiger partial charge in [0.2, 0.25) is 0 Å². The highest BCUT2D eigenvalue weighted by Crippen LogP contribution is 2.19. The van der Waals surface area contributed by atoms with Gasteiger partial charge in [0, 0.05) is 24.5 Å². The molecule has 0 spiro atoms. The lowest BCUT2D eigenvalue weighted by molar-refractivity contribution is 0.167. The van der Waals surface area contributed by atoms with Crippen molar-refractivity contribution in [3.63, 3.8) is 0 Å². The molecule has 2 heterocycles. The Morgan fingerprint density at radius 3 is 2.75 bits per heavy atom. The highest BCUT2D eigenvalue weighted by Gasteiger charge is 2.14.